The van der Waals surface area contributed by atoms with Gasteiger partial charge in [0.2, 0.25) is 0 Å². The minimum atomic E-state index is 0.932. The van der Waals surface area contributed by atoms with Crippen LogP contribution in [-0.2, 0) is 6.54 Å². The Kier molecular flexibility index (Phi) is 12.6. The number of rotatable bonds is 9. The summed E-state index contributed by atoms with van der Waals surface area (Å²) >= 11 is 0. The highest BCUT2D eigenvalue weighted by molar-refractivity contribution is 6.07. The van der Waals surface area contributed by atoms with Gasteiger partial charge < -0.3 is 20.5 Å². The number of para-hydroxylation sites is 3. The summed E-state index contributed by atoms with van der Waals surface area (Å²) in [6, 6.07) is 38.1. The van der Waals surface area contributed by atoms with Crippen molar-refractivity contribution in [1.82, 2.24) is 19.5 Å². The van der Waals surface area contributed by atoms with Gasteiger partial charge in [0.05, 0.1) is 0 Å². The summed E-state index contributed by atoms with van der Waals surface area (Å²) in [5.41, 5.74) is 22.2. The Labute approximate surface area is 390 Å². The highest BCUT2D eigenvalue weighted by atomic mass is 15.0. The molecule has 7 heteroatoms. The van der Waals surface area contributed by atoms with Crippen molar-refractivity contribution in [2.45, 2.75) is 91.5 Å². The van der Waals surface area contributed by atoms with E-state index in [1.54, 1.807) is 11.1 Å². The monoisotopic (exact) mass is 865 g/mol. The van der Waals surface area contributed by atoms with E-state index in [1.807, 2.05) is 36.8 Å². The van der Waals surface area contributed by atoms with Gasteiger partial charge in [0.15, 0.2) is 0 Å². The van der Waals surface area contributed by atoms with Crippen molar-refractivity contribution in [1.29, 1.82) is 0 Å². The number of aromatic nitrogens is 4. The normalized spacial score (nSPS) is 14.2. The van der Waals surface area contributed by atoms with E-state index in [-0.39, 0.29) is 0 Å². The highest BCUT2D eigenvalue weighted by Gasteiger charge is 2.27. The molecule has 7 heterocycles. The summed E-state index contributed by atoms with van der Waals surface area (Å²) in [5.74, 6) is 2.87. The second-order valence-electron chi connectivity index (χ2n) is 17.8. The smallest absolute Gasteiger partial charge is 0.138 e. The summed E-state index contributed by atoms with van der Waals surface area (Å²) in [6.45, 7) is 7.81. The molecule has 330 valence electrons. The number of nitrogens with zero attached hydrogens (tertiary/aromatic N) is 4. The molecule has 3 aromatic carbocycles. The lowest BCUT2D eigenvalue weighted by atomic mass is 9.96. The van der Waals surface area contributed by atoms with Crippen LogP contribution < -0.4 is 16.0 Å². The molecule has 2 aliphatic carbocycles. The Bertz CT molecular complexity index is 2840. The van der Waals surface area contributed by atoms with Crippen molar-refractivity contribution in [3.05, 3.63) is 186 Å². The van der Waals surface area contributed by atoms with E-state index in [4.69, 9.17) is 0 Å². The molecule has 3 aliphatic heterocycles. The van der Waals surface area contributed by atoms with Crippen LogP contribution in [-0.4, -0.2) is 19.5 Å². The minimum Gasteiger partial charge on any atom is -0.353 e. The van der Waals surface area contributed by atoms with Crippen molar-refractivity contribution in [2.24, 2.45) is 0 Å². The molecule has 0 fully saturated rings. The molecule has 0 unspecified atom stereocenters. The Morgan fingerprint density at radius 3 is 1.45 bits per heavy atom. The van der Waals surface area contributed by atoms with Crippen LogP contribution in [0.25, 0.3) is 44.5 Å². The molecule has 0 bridgehead atoms. The maximum atomic E-state index is 4.56. The second kappa shape index (κ2) is 19.5. The fraction of sp³-hybridized carbons (Fsp3) is 0.237. The van der Waals surface area contributed by atoms with Gasteiger partial charge in [-0.1, -0.05) is 118 Å². The van der Waals surface area contributed by atoms with E-state index in [0.717, 1.165) is 53.9 Å². The van der Waals surface area contributed by atoms with Gasteiger partial charge in [0.25, 0.3) is 0 Å². The van der Waals surface area contributed by atoms with Crippen LogP contribution in [0.1, 0.15) is 107 Å². The zero-order chi connectivity index (χ0) is 44.8. The predicted molar refractivity (Wildman–Crippen MR) is 277 cm³/mol. The molecule has 0 saturated heterocycles. The highest BCUT2D eigenvalue weighted by Crippen LogP contribution is 2.49. The fourth-order valence-electron chi connectivity index (χ4n) is 9.91. The third kappa shape index (κ3) is 8.66. The van der Waals surface area contributed by atoms with Crippen molar-refractivity contribution in [2.75, 3.05) is 16.0 Å². The third-order valence-corrected chi connectivity index (χ3v) is 13.3. The van der Waals surface area contributed by atoms with Gasteiger partial charge in [-0.15, -0.1) is 0 Å². The molecule has 0 spiro atoms. The van der Waals surface area contributed by atoms with Gasteiger partial charge >= 0.3 is 0 Å². The first-order valence-corrected chi connectivity index (χ1v) is 24.1. The standard InChI is InChI=1S/2C20H20N2.C19H19N3/c2*1-2-3-7-14-12-17-15-8-4-5-10-19(15)22-20-16(18(17)13-14)9-6-11-21-20;1-2-3-11-22-12-16-14-7-4-5-9-18(14)21-19-15(17(16)13-22)8-6-10-20-19/h4-6,8-11,13H,2-3,7,12H2,1H3,(H,21,22);4-6,8-12H,2-3,7,13H2,1H3,(H,21,22);4-10,12-13H,2-3,11H2,1H3,(H,20,21). The fourth-order valence-corrected chi connectivity index (χ4v) is 9.91. The molecule has 3 N–H and O–H groups in total. The lowest BCUT2D eigenvalue weighted by Crippen LogP contribution is -1.97. The summed E-state index contributed by atoms with van der Waals surface area (Å²) in [4.78, 5) is 13.6. The summed E-state index contributed by atoms with van der Waals surface area (Å²) in [6.07, 6.45) is 26.9. The van der Waals surface area contributed by atoms with Crippen LogP contribution in [0, 0.1) is 0 Å². The van der Waals surface area contributed by atoms with Gasteiger partial charge in [-0.05, 0) is 122 Å². The lowest BCUT2D eigenvalue weighted by Gasteiger charge is -2.11. The summed E-state index contributed by atoms with van der Waals surface area (Å²) in [5, 5.41) is 10.5. The summed E-state index contributed by atoms with van der Waals surface area (Å²) in [7, 11) is 0. The Morgan fingerprint density at radius 2 is 0.848 bits per heavy atom. The van der Waals surface area contributed by atoms with Crippen LogP contribution in [0.5, 0.6) is 0 Å². The van der Waals surface area contributed by atoms with Crippen molar-refractivity contribution >= 4 is 56.8 Å². The van der Waals surface area contributed by atoms with E-state index in [9.17, 15) is 0 Å². The van der Waals surface area contributed by atoms with Crippen LogP contribution in [0.15, 0.2) is 163 Å². The van der Waals surface area contributed by atoms with E-state index >= 15 is 0 Å². The van der Waals surface area contributed by atoms with Crippen LogP contribution in [0.4, 0.5) is 34.5 Å². The molecular formula is C59H59N7. The summed E-state index contributed by atoms with van der Waals surface area (Å²) < 4.78 is 2.31. The third-order valence-electron chi connectivity index (χ3n) is 13.3. The zero-order valence-electron chi connectivity index (χ0n) is 38.5. The molecule has 0 amide bonds. The Hall–Kier alpha value is -7.25. The first-order valence-electron chi connectivity index (χ1n) is 24.1. The molecule has 12 rings (SSSR count). The van der Waals surface area contributed by atoms with Crippen molar-refractivity contribution < 1.29 is 0 Å². The van der Waals surface area contributed by atoms with Gasteiger partial charge in [-0.25, -0.2) is 15.0 Å². The van der Waals surface area contributed by atoms with E-state index in [0.29, 0.717) is 0 Å². The molecular weight excluding hydrogens is 807 g/mol. The molecule has 7 nitrogen and oxygen atoms in total. The average Bonchev–Trinajstić information content (AvgIpc) is 4.05. The molecule has 4 aromatic heterocycles. The van der Waals surface area contributed by atoms with Crippen molar-refractivity contribution in [3.63, 3.8) is 0 Å². The molecule has 7 aromatic rings. The van der Waals surface area contributed by atoms with E-state index in [2.05, 4.69) is 172 Å². The van der Waals surface area contributed by atoms with Crippen LogP contribution in [0.3, 0.4) is 0 Å². The molecule has 0 atom stereocenters. The van der Waals surface area contributed by atoms with E-state index in [1.165, 1.54) is 118 Å². The Balaban J connectivity index is 0.000000116. The van der Waals surface area contributed by atoms with Crippen molar-refractivity contribution in [3.8, 4) is 22.3 Å². The number of aryl methyl sites for hydroxylation is 1. The van der Waals surface area contributed by atoms with Crippen LogP contribution in [0.2, 0.25) is 0 Å². The number of nitrogens with one attached hydrogen (secondary N) is 3. The van der Waals surface area contributed by atoms with Crippen LogP contribution >= 0.6 is 0 Å². The molecule has 0 radical (unpaired) electrons. The van der Waals surface area contributed by atoms with Gasteiger partial charge in [-0.2, -0.15) is 0 Å². The maximum Gasteiger partial charge on any atom is 0.138 e. The zero-order valence-corrected chi connectivity index (χ0v) is 38.5. The quantitative estimate of drug-likeness (QED) is 0.134. The number of allylic oxidation sites excluding steroid dienone is 8. The number of hydrogen-bond acceptors (Lipinski definition) is 6. The number of pyridine rings is 3. The second-order valence-corrected chi connectivity index (χ2v) is 17.8. The Morgan fingerprint density at radius 1 is 0.424 bits per heavy atom. The largest absolute Gasteiger partial charge is 0.353 e. The topological polar surface area (TPSA) is 79.7 Å². The number of benzene rings is 3. The lowest BCUT2D eigenvalue weighted by molar-refractivity contribution is 0.635. The van der Waals surface area contributed by atoms with E-state index < -0.39 is 0 Å². The van der Waals surface area contributed by atoms with Gasteiger partial charge in [0, 0.05) is 99.1 Å². The molecule has 5 aliphatic rings. The van der Waals surface area contributed by atoms with Gasteiger partial charge in [0.1, 0.15) is 17.5 Å². The molecule has 66 heavy (non-hydrogen) atoms. The maximum absolute atomic E-state index is 4.56. The first kappa shape index (κ1) is 42.7. The number of unbranched alkanes of at least 4 members (excludes halogenated alkanes) is 3. The SMILES string of the molecule is CCCCC1=CC2=C(C1)c1ccccc1Nc1ncccc12.CCCCC1=CC2=C(C1)c1cccnc1Nc1ccccc12.CCCCn1cc2c(c1)-c1cccnc1Nc1ccccc1-2. The average molecular weight is 866 g/mol. The number of anilines is 6. The van der Waals surface area contributed by atoms with Gasteiger partial charge in [-0.3, -0.25) is 0 Å². The number of fused-ring (bicyclic) bond motifs is 13. The predicted octanol–water partition coefficient (Wildman–Crippen LogP) is 16.2. The first-order chi connectivity index (χ1) is 32.6. The molecule has 0 saturated carbocycles. The number of hydrogen-bond donors (Lipinski definition) is 3. The minimum absolute atomic E-state index is 0.932.